The Labute approximate surface area is 163 Å². The Morgan fingerprint density at radius 1 is 1.32 bits per heavy atom. The van der Waals surface area contributed by atoms with Gasteiger partial charge in [0.05, 0.1) is 17.3 Å². The number of primary amides is 1. The first kappa shape index (κ1) is 19.8. The van der Waals surface area contributed by atoms with E-state index in [0.29, 0.717) is 5.56 Å². The van der Waals surface area contributed by atoms with Crippen LogP contribution in [0.1, 0.15) is 5.56 Å². The van der Waals surface area contributed by atoms with Crippen LogP contribution < -0.4 is 20.7 Å². The van der Waals surface area contributed by atoms with Crippen molar-refractivity contribution >= 4 is 29.2 Å². The Hall–Kier alpha value is -2.94. The van der Waals surface area contributed by atoms with Gasteiger partial charge in [0.1, 0.15) is 24.3 Å². The second-order valence-corrected chi connectivity index (χ2v) is 6.41. The topological polar surface area (TPSA) is 84.7 Å². The molecule has 0 aliphatic carbocycles. The number of rotatable bonds is 5. The highest BCUT2D eigenvalue weighted by Gasteiger charge is 2.36. The third-order valence-electron chi connectivity index (χ3n) is 4.15. The Balaban J connectivity index is 2.10. The monoisotopic (exact) mass is 413 g/mol. The van der Waals surface area contributed by atoms with Gasteiger partial charge >= 0.3 is 6.03 Å². The van der Waals surface area contributed by atoms with Crippen LogP contribution >= 0.6 is 11.6 Å². The van der Waals surface area contributed by atoms with E-state index in [-0.39, 0.29) is 22.9 Å². The molecule has 2 aromatic carbocycles. The van der Waals surface area contributed by atoms with Crippen LogP contribution in [0.15, 0.2) is 30.3 Å². The van der Waals surface area contributed by atoms with Crippen molar-refractivity contribution in [3.05, 3.63) is 52.6 Å². The van der Waals surface area contributed by atoms with E-state index in [4.69, 9.17) is 22.1 Å². The molecule has 0 spiro atoms. The van der Waals surface area contributed by atoms with Gasteiger partial charge in [-0.15, -0.1) is 0 Å². The standard InChI is InChI=1S/C18H15ClF3N3O3/c19-11-3-2-10(21)8-14(11)28-16-12(22)4-1-9-7-13(24-18(23)27)17(26)25(6-5-20)15(9)16/h1-4,8,13H,5-7H2,(H3,23,24,27)/t13-/m1/s1. The van der Waals surface area contributed by atoms with Crippen molar-refractivity contribution in [3.8, 4) is 11.5 Å². The largest absolute Gasteiger partial charge is 0.450 e. The van der Waals surface area contributed by atoms with Crippen LogP contribution in [-0.2, 0) is 11.2 Å². The van der Waals surface area contributed by atoms with Crippen LogP contribution in [0.2, 0.25) is 5.02 Å². The first-order valence-electron chi connectivity index (χ1n) is 8.19. The number of hydrogen-bond donors (Lipinski definition) is 2. The number of halogens is 4. The maximum atomic E-state index is 14.6. The third kappa shape index (κ3) is 3.84. The molecule has 0 bridgehead atoms. The van der Waals surface area contributed by atoms with Gasteiger partial charge in [0, 0.05) is 12.5 Å². The molecule has 3 amide bonds. The highest BCUT2D eigenvalue weighted by Crippen LogP contribution is 2.42. The lowest BCUT2D eigenvalue weighted by molar-refractivity contribution is -0.120. The van der Waals surface area contributed by atoms with E-state index < -0.39 is 48.6 Å². The number of nitrogens with two attached hydrogens (primary N) is 1. The summed E-state index contributed by atoms with van der Waals surface area (Å²) in [6, 6.07) is 3.81. The summed E-state index contributed by atoms with van der Waals surface area (Å²) in [5, 5.41) is 2.30. The van der Waals surface area contributed by atoms with E-state index in [1.807, 2.05) is 0 Å². The molecule has 0 radical (unpaired) electrons. The lowest BCUT2D eigenvalue weighted by atomic mass is 9.96. The SMILES string of the molecule is NC(=O)N[C@@H]1Cc2ccc(F)c(Oc3cc(F)ccc3Cl)c2N(CCF)C1=O. The summed E-state index contributed by atoms with van der Waals surface area (Å²) >= 11 is 5.97. The summed E-state index contributed by atoms with van der Waals surface area (Å²) in [6.07, 6.45) is -0.00653. The lowest BCUT2D eigenvalue weighted by Crippen LogP contribution is -2.54. The van der Waals surface area contributed by atoms with Crippen LogP contribution in [-0.4, -0.2) is 31.2 Å². The number of alkyl halides is 1. The number of carbonyl (C=O) groups is 2. The summed E-state index contributed by atoms with van der Waals surface area (Å²) in [5.74, 6) is -2.75. The summed E-state index contributed by atoms with van der Waals surface area (Å²) < 4.78 is 46.7. The number of nitrogens with zero attached hydrogens (tertiary/aromatic N) is 1. The summed E-state index contributed by atoms with van der Waals surface area (Å²) in [7, 11) is 0. The maximum absolute atomic E-state index is 14.6. The molecule has 1 heterocycles. The molecule has 28 heavy (non-hydrogen) atoms. The van der Waals surface area contributed by atoms with Gasteiger partial charge < -0.3 is 20.7 Å². The molecule has 0 saturated carbocycles. The van der Waals surface area contributed by atoms with E-state index >= 15 is 0 Å². The predicted octanol–water partition coefficient (Wildman–Crippen LogP) is 3.31. The molecule has 0 saturated heterocycles. The number of ether oxygens (including phenoxy) is 1. The number of nitrogens with one attached hydrogen (secondary N) is 1. The van der Waals surface area contributed by atoms with E-state index in [2.05, 4.69) is 5.32 Å². The zero-order chi connectivity index (χ0) is 20.4. The van der Waals surface area contributed by atoms with Gasteiger partial charge in [0.25, 0.3) is 0 Å². The highest BCUT2D eigenvalue weighted by atomic mass is 35.5. The molecule has 0 unspecified atom stereocenters. The molecule has 1 aliphatic heterocycles. The molecule has 148 valence electrons. The normalized spacial score (nSPS) is 15.9. The zero-order valence-electron chi connectivity index (χ0n) is 14.3. The number of carbonyl (C=O) groups excluding carboxylic acids is 2. The molecular formula is C18H15ClF3N3O3. The van der Waals surface area contributed by atoms with Crippen molar-refractivity contribution in [1.29, 1.82) is 0 Å². The van der Waals surface area contributed by atoms with Crippen LogP contribution in [0, 0.1) is 11.6 Å². The Morgan fingerprint density at radius 3 is 2.75 bits per heavy atom. The van der Waals surface area contributed by atoms with Crippen molar-refractivity contribution in [1.82, 2.24) is 5.32 Å². The van der Waals surface area contributed by atoms with Gasteiger partial charge in [-0.3, -0.25) is 4.79 Å². The van der Waals surface area contributed by atoms with Gasteiger partial charge in [-0.05, 0) is 23.8 Å². The first-order chi connectivity index (χ1) is 13.3. The molecule has 0 aromatic heterocycles. The summed E-state index contributed by atoms with van der Waals surface area (Å²) in [6.45, 7) is -1.33. The number of urea groups is 1. The van der Waals surface area contributed by atoms with Gasteiger partial charge in [-0.1, -0.05) is 17.7 Å². The minimum atomic E-state index is -1.03. The Bertz CT molecular complexity index is 942. The van der Waals surface area contributed by atoms with Crippen molar-refractivity contribution in [3.63, 3.8) is 0 Å². The highest BCUT2D eigenvalue weighted by molar-refractivity contribution is 6.32. The molecule has 0 fully saturated rings. The maximum Gasteiger partial charge on any atom is 0.312 e. The smallest absolute Gasteiger partial charge is 0.312 e. The number of benzene rings is 2. The number of anilines is 1. The molecule has 3 N–H and O–H groups in total. The minimum absolute atomic E-state index is 0.00653. The average Bonchev–Trinajstić information content (AvgIpc) is 2.63. The summed E-state index contributed by atoms with van der Waals surface area (Å²) in [4.78, 5) is 24.8. The molecule has 3 rings (SSSR count). The van der Waals surface area contributed by atoms with Crippen LogP contribution in [0.25, 0.3) is 0 Å². The fourth-order valence-corrected chi connectivity index (χ4v) is 3.16. The number of fused-ring (bicyclic) bond motifs is 1. The first-order valence-corrected chi connectivity index (χ1v) is 8.57. The van der Waals surface area contributed by atoms with Gasteiger partial charge in [0.15, 0.2) is 11.6 Å². The van der Waals surface area contributed by atoms with Gasteiger partial charge in [-0.25, -0.2) is 18.0 Å². The molecule has 6 nitrogen and oxygen atoms in total. The molecule has 1 aliphatic rings. The summed E-state index contributed by atoms with van der Waals surface area (Å²) in [5.41, 5.74) is 5.49. The van der Waals surface area contributed by atoms with E-state index in [1.54, 1.807) is 0 Å². The minimum Gasteiger partial charge on any atom is -0.450 e. The quantitative estimate of drug-likeness (QED) is 0.788. The Kier molecular flexibility index (Phi) is 5.64. The fraction of sp³-hybridized carbons (Fsp3) is 0.222. The molecule has 1 atom stereocenters. The number of amides is 3. The van der Waals surface area contributed by atoms with E-state index in [9.17, 15) is 22.8 Å². The average molecular weight is 414 g/mol. The lowest BCUT2D eigenvalue weighted by Gasteiger charge is -2.35. The predicted molar refractivity (Wildman–Crippen MR) is 96.4 cm³/mol. The van der Waals surface area contributed by atoms with Gasteiger partial charge in [-0.2, -0.15) is 0 Å². The molecule has 10 heteroatoms. The van der Waals surface area contributed by atoms with Crippen molar-refractivity contribution in [2.24, 2.45) is 5.73 Å². The van der Waals surface area contributed by atoms with Crippen LogP contribution in [0.5, 0.6) is 11.5 Å². The van der Waals surface area contributed by atoms with Crippen molar-refractivity contribution in [2.45, 2.75) is 12.5 Å². The molecule has 2 aromatic rings. The van der Waals surface area contributed by atoms with E-state index in [0.717, 1.165) is 23.1 Å². The second kappa shape index (κ2) is 7.97. The van der Waals surface area contributed by atoms with E-state index in [1.165, 1.54) is 12.1 Å². The number of hydrogen-bond acceptors (Lipinski definition) is 3. The van der Waals surface area contributed by atoms with Crippen molar-refractivity contribution < 1.29 is 27.5 Å². The van der Waals surface area contributed by atoms with Crippen molar-refractivity contribution in [2.75, 3.05) is 18.1 Å². The van der Waals surface area contributed by atoms with Crippen LogP contribution in [0.4, 0.5) is 23.7 Å². The Morgan fingerprint density at radius 2 is 2.07 bits per heavy atom. The molecular weight excluding hydrogens is 399 g/mol. The van der Waals surface area contributed by atoms with Gasteiger partial charge in [0.2, 0.25) is 5.91 Å². The third-order valence-corrected chi connectivity index (χ3v) is 4.47. The fourth-order valence-electron chi connectivity index (χ4n) is 3.01. The second-order valence-electron chi connectivity index (χ2n) is 6.01. The zero-order valence-corrected chi connectivity index (χ0v) is 15.1. The van der Waals surface area contributed by atoms with Crippen LogP contribution in [0.3, 0.4) is 0 Å².